The zero-order chi connectivity index (χ0) is 26.6. The summed E-state index contributed by atoms with van der Waals surface area (Å²) in [4.78, 5) is 17.2. The van der Waals surface area contributed by atoms with Crippen molar-refractivity contribution < 1.29 is 31.1 Å². The van der Waals surface area contributed by atoms with Crippen LogP contribution in [0.2, 0.25) is 0 Å². The maximum atomic E-state index is 12.9. The molecule has 10 heteroatoms. The van der Waals surface area contributed by atoms with E-state index < -0.39 is 21.9 Å². The second-order valence-corrected chi connectivity index (χ2v) is 11.6. The minimum absolute atomic E-state index is 0.0241. The number of hydrogen-bond acceptors (Lipinski definition) is 5. The normalized spacial score (nSPS) is 18.5. The first-order valence-electron chi connectivity index (χ1n) is 12.2. The topological polar surface area (TPSA) is 85.4 Å². The van der Waals surface area contributed by atoms with Crippen LogP contribution in [0.4, 0.5) is 13.2 Å². The lowest BCUT2D eigenvalue weighted by atomic mass is 9.82. The molecule has 0 saturated heterocycles. The lowest BCUT2D eigenvalue weighted by molar-refractivity contribution is -0.184. The summed E-state index contributed by atoms with van der Waals surface area (Å²) in [5, 5.41) is 4.31. The fourth-order valence-electron chi connectivity index (χ4n) is 4.53. The Bertz CT molecular complexity index is 1350. The molecule has 3 aromatic rings. The molecule has 198 valence electrons. The summed E-state index contributed by atoms with van der Waals surface area (Å²) in [6.45, 7) is 2.13. The van der Waals surface area contributed by atoms with E-state index in [0.29, 0.717) is 30.9 Å². The predicted octanol–water partition coefficient (Wildman–Crippen LogP) is 5.71. The molecule has 0 spiro atoms. The monoisotopic (exact) mass is 534 g/mol. The van der Waals surface area contributed by atoms with Gasteiger partial charge in [-0.15, -0.1) is 0 Å². The molecule has 1 aliphatic rings. The van der Waals surface area contributed by atoms with Gasteiger partial charge >= 0.3 is 6.18 Å². The number of amides is 1. The highest BCUT2D eigenvalue weighted by atomic mass is 32.2. The van der Waals surface area contributed by atoms with Gasteiger partial charge in [0.2, 0.25) is 5.88 Å². The maximum absolute atomic E-state index is 12.9. The van der Waals surface area contributed by atoms with Gasteiger partial charge in [-0.1, -0.05) is 19.1 Å². The first-order chi connectivity index (χ1) is 17.6. The lowest BCUT2D eigenvalue weighted by Gasteiger charge is -2.29. The Morgan fingerprint density at radius 2 is 1.76 bits per heavy atom. The number of halogens is 3. The van der Waals surface area contributed by atoms with Crippen molar-refractivity contribution in [2.75, 3.05) is 12.4 Å². The van der Waals surface area contributed by atoms with Crippen LogP contribution in [0.25, 0.3) is 10.8 Å². The van der Waals surface area contributed by atoms with Crippen molar-refractivity contribution in [1.82, 2.24) is 10.3 Å². The van der Waals surface area contributed by atoms with Crippen LogP contribution >= 0.6 is 0 Å². The Kier molecular flexibility index (Phi) is 8.06. The van der Waals surface area contributed by atoms with Gasteiger partial charge in [-0.25, -0.2) is 13.4 Å². The number of fused-ring (bicyclic) bond motifs is 1. The van der Waals surface area contributed by atoms with Crippen LogP contribution in [-0.4, -0.2) is 37.8 Å². The highest BCUT2D eigenvalue weighted by Crippen LogP contribution is 2.39. The number of ether oxygens (including phenoxy) is 1. The molecular weight excluding hydrogens is 505 g/mol. The largest absolute Gasteiger partial charge is 0.477 e. The number of nitrogens with zero attached hydrogens (tertiary/aromatic N) is 1. The average molecular weight is 535 g/mol. The Hall–Kier alpha value is -3.14. The van der Waals surface area contributed by atoms with Gasteiger partial charge < -0.3 is 10.1 Å². The molecule has 0 aliphatic heterocycles. The number of carbonyl (C=O) groups is 1. The third-order valence-corrected chi connectivity index (χ3v) is 8.62. The third kappa shape index (κ3) is 6.60. The van der Waals surface area contributed by atoms with Gasteiger partial charge in [0.1, 0.15) is 0 Å². The van der Waals surface area contributed by atoms with E-state index in [2.05, 4.69) is 10.3 Å². The third-order valence-electron chi connectivity index (χ3n) is 6.87. The van der Waals surface area contributed by atoms with Gasteiger partial charge in [-0.2, -0.15) is 13.2 Å². The minimum atomic E-state index is -4.13. The van der Waals surface area contributed by atoms with Crippen LogP contribution in [0.15, 0.2) is 59.6 Å². The van der Waals surface area contributed by atoms with E-state index in [0.717, 1.165) is 16.3 Å². The van der Waals surface area contributed by atoms with Crippen molar-refractivity contribution in [2.45, 2.75) is 50.2 Å². The molecule has 1 saturated carbocycles. The van der Waals surface area contributed by atoms with Gasteiger partial charge in [0.05, 0.1) is 23.2 Å². The molecule has 0 atom stereocenters. The summed E-state index contributed by atoms with van der Waals surface area (Å²) < 4.78 is 68.5. The maximum Gasteiger partial charge on any atom is 0.391 e. The van der Waals surface area contributed by atoms with Crippen LogP contribution in [0, 0.1) is 11.8 Å². The van der Waals surface area contributed by atoms with E-state index in [4.69, 9.17) is 4.74 Å². The standard InChI is InChI=1S/C27H29F3N2O4S/c1-2-37(34,35)23-10-5-18(6-11-23)16-32-25(33)21-7-12-24-20(15-21)13-14-31-26(24)36-17-19-3-8-22(9-4-19)27(28,29)30/h5-7,10-15,19,22H,2-4,8-9,16-17H2,1H3,(H,32,33). The minimum Gasteiger partial charge on any atom is -0.477 e. The van der Waals surface area contributed by atoms with Crippen molar-refractivity contribution in [2.24, 2.45) is 11.8 Å². The van der Waals surface area contributed by atoms with E-state index in [1.54, 1.807) is 49.5 Å². The van der Waals surface area contributed by atoms with E-state index in [1.165, 1.54) is 12.1 Å². The molecule has 6 nitrogen and oxygen atoms in total. The van der Waals surface area contributed by atoms with Crippen LogP contribution in [-0.2, 0) is 16.4 Å². The highest BCUT2D eigenvalue weighted by molar-refractivity contribution is 7.91. The van der Waals surface area contributed by atoms with Gasteiger partial charge in [-0.3, -0.25) is 4.79 Å². The molecule has 4 rings (SSSR count). The quantitative estimate of drug-likeness (QED) is 0.400. The molecule has 1 aliphatic carbocycles. The number of hydrogen-bond donors (Lipinski definition) is 1. The number of alkyl halides is 3. The summed E-state index contributed by atoms with van der Waals surface area (Å²) in [6.07, 6.45) is -1.37. The number of nitrogens with one attached hydrogen (secondary N) is 1. The first-order valence-corrected chi connectivity index (χ1v) is 13.9. The summed E-state index contributed by atoms with van der Waals surface area (Å²) in [6, 6.07) is 13.3. The van der Waals surface area contributed by atoms with Gasteiger partial charge in [0, 0.05) is 23.7 Å². The second-order valence-electron chi connectivity index (χ2n) is 9.35. The number of pyridine rings is 1. The van der Waals surface area contributed by atoms with Crippen LogP contribution < -0.4 is 10.1 Å². The van der Waals surface area contributed by atoms with Crippen molar-refractivity contribution in [3.63, 3.8) is 0 Å². The SMILES string of the molecule is CCS(=O)(=O)c1ccc(CNC(=O)c2ccc3c(OCC4CCC(C(F)(F)F)CC4)nccc3c2)cc1. The smallest absolute Gasteiger partial charge is 0.391 e. The lowest BCUT2D eigenvalue weighted by Crippen LogP contribution is -2.29. The van der Waals surface area contributed by atoms with E-state index in [9.17, 15) is 26.4 Å². The molecular formula is C27H29F3N2O4S. The summed E-state index contributed by atoms with van der Waals surface area (Å²) in [5.41, 5.74) is 1.22. The van der Waals surface area contributed by atoms with Gasteiger partial charge in [0.25, 0.3) is 5.91 Å². The van der Waals surface area contributed by atoms with E-state index >= 15 is 0 Å². The van der Waals surface area contributed by atoms with Crippen molar-refractivity contribution >= 4 is 26.5 Å². The van der Waals surface area contributed by atoms with E-state index in [-0.39, 0.29) is 41.9 Å². The molecule has 37 heavy (non-hydrogen) atoms. The van der Waals surface area contributed by atoms with Crippen molar-refractivity contribution in [1.29, 1.82) is 0 Å². The van der Waals surface area contributed by atoms with Gasteiger partial charge in [-0.05, 0) is 78.9 Å². The van der Waals surface area contributed by atoms with Gasteiger partial charge in [0.15, 0.2) is 9.84 Å². The van der Waals surface area contributed by atoms with Crippen LogP contribution in [0.3, 0.4) is 0 Å². The number of aromatic nitrogens is 1. The predicted molar refractivity (Wildman–Crippen MR) is 134 cm³/mol. The fraction of sp³-hybridized carbons (Fsp3) is 0.407. The summed E-state index contributed by atoms with van der Waals surface area (Å²) in [5.74, 6) is -1.04. The first kappa shape index (κ1) is 26.9. The van der Waals surface area contributed by atoms with Crippen LogP contribution in [0.5, 0.6) is 5.88 Å². The zero-order valence-electron chi connectivity index (χ0n) is 20.4. The van der Waals surface area contributed by atoms with Crippen molar-refractivity contribution in [3.8, 4) is 5.88 Å². The highest BCUT2D eigenvalue weighted by Gasteiger charge is 2.41. The number of benzene rings is 2. The Balaban J connectivity index is 1.35. The Morgan fingerprint density at radius 3 is 2.41 bits per heavy atom. The number of sulfone groups is 1. The Labute approximate surface area is 214 Å². The molecule has 1 heterocycles. The molecule has 1 N–H and O–H groups in total. The molecule has 0 radical (unpaired) electrons. The molecule has 2 aromatic carbocycles. The average Bonchev–Trinajstić information content (AvgIpc) is 2.90. The number of rotatable bonds is 8. The molecule has 1 fully saturated rings. The molecule has 1 amide bonds. The molecule has 0 bridgehead atoms. The number of carbonyl (C=O) groups excluding carboxylic acids is 1. The molecule has 1 aromatic heterocycles. The van der Waals surface area contributed by atoms with Crippen molar-refractivity contribution in [3.05, 3.63) is 65.9 Å². The van der Waals surface area contributed by atoms with E-state index in [1.807, 2.05) is 0 Å². The van der Waals surface area contributed by atoms with Crippen LogP contribution in [0.1, 0.15) is 48.5 Å². The fourth-order valence-corrected chi connectivity index (χ4v) is 5.41. The molecule has 0 unspecified atom stereocenters. The zero-order valence-corrected chi connectivity index (χ0v) is 21.2. The Morgan fingerprint density at radius 1 is 1.05 bits per heavy atom. The summed E-state index contributed by atoms with van der Waals surface area (Å²) in [7, 11) is -3.28. The summed E-state index contributed by atoms with van der Waals surface area (Å²) >= 11 is 0. The second kappa shape index (κ2) is 11.1.